The third-order valence-electron chi connectivity index (χ3n) is 3.68. The molecule has 1 aliphatic heterocycles. The van der Waals surface area contributed by atoms with Crippen molar-refractivity contribution in [2.45, 2.75) is 17.7 Å². The summed E-state index contributed by atoms with van der Waals surface area (Å²) in [6.07, 6.45) is 0.543. The number of ether oxygens (including phenoxy) is 1. The fourth-order valence-corrected chi connectivity index (χ4v) is 3.16. The smallest absolute Gasteiger partial charge is 0.133 e. The molecule has 21 heavy (non-hydrogen) atoms. The lowest BCUT2D eigenvalue weighted by molar-refractivity contribution is 0.263. The molecule has 0 amide bonds. The molecule has 2 unspecified atom stereocenters. The second-order valence-electron chi connectivity index (χ2n) is 4.97. The number of benzene rings is 2. The summed E-state index contributed by atoms with van der Waals surface area (Å²) in [7, 11) is 0. The molecule has 1 nitrogen and oxygen atoms in total. The van der Waals surface area contributed by atoms with Crippen molar-refractivity contribution < 1.29 is 17.9 Å². The zero-order valence-electron chi connectivity index (χ0n) is 11.0. The lowest BCUT2D eigenvalue weighted by Gasteiger charge is -2.29. The molecule has 2 atom stereocenters. The van der Waals surface area contributed by atoms with Crippen LogP contribution in [0.4, 0.5) is 13.2 Å². The largest absolute Gasteiger partial charge is 0.493 e. The van der Waals surface area contributed by atoms with E-state index in [0.29, 0.717) is 30.9 Å². The number of hydrogen-bond acceptors (Lipinski definition) is 1. The van der Waals surface area contributed by atoms with Gasteiger partial charge in [0.15, 0.2) is 0 Å². The average molecular weight is 313 g/mol. The van der Waals surface area contributed by atoms with Crippen LogP contribution in [0.3, 0.4) is 0 Å². The molecule has 2 aromatic rings. The fourth-order valence-electron chi connectivity index (χ4n) is 2.69. The highest BCUT2D eigenvalue weighted by Gasteiger charge is 2.32. The molecule has 0 saturated heterocycles. The first-order valence-electron chi connectivity index (χ1n) is 6.58. The Balaban J connectivity index is 2.03. The van der Waals surface area contributed by atoms with Crippen LogP contribution in [-0.2, 0) is 0 Å². The van der Waals surface area contributed by atoms with E-state index < -0.39 is 22.8 Å². The molecule has 0 N–H and O–H groups in total. The van der Waals surface area contributed by atoms with Crippen molar-refractivity contribution in [3.8, 4) is 5.75 Å². The molecule has 0 bridgehead atoms. The quantitative estimate of drug-likeness (QED) is 0.713. The number of para-hydroxylation sites is 1. The Labute approximate surface area is 125 Å². The van der Waals surface area contributed by atoms with Gasteiger partial charge < -0.3 is 4.74 Å². The van der Waals surface area contributed by atoms with E-state index in [2.05, 4.69) is 0 Å². The van der Waals surface area contributed by atoms with Gasteiger partial charge in [-0.05, 0) is 18.1 Å². The average Bonchev–Trinajstić information content (AvgIpc) is 2.45. The molecule has 110 valence electrons. The zero-order chi connectivity index (χ0) is 15.0. The third kappa shape index (κ3) is 2.60. The Bertz CT molecular complexity index is 651. The fraction of sp³-hybridized carbons (Fsp3) is 0.250. The number of halogens is 4. The van der Waals surface area contributed by atoms with Gasteiger partial charge in [0.25, 0.3) is 0 Å². The van der Waals surface area contributed by atoms with E-state index in [1.165, 1.54) is 0 Å². The SMILES string of the molecule is Fc1cc(F)c(C(Cl)C2CCOc3ccccc32)c(F)c1. The van der Waals surface area contributed by atoms with Crippen LogP contribution < -0.4 is 4.74 Å². The van der Waals surface area contributed by atoms with E-state index >= 15 is 0 Å². The first-order valence-corrected chi connectivity index (χ1v) is 7.02. The molecule has 1 aliphatic rings. The van der Waals surface area contributed by atoms with Gasteiger partial charge in [-0.3, -0.25) is 0 Å². The van der Waals surface area contributed by atoms with Gasteiger partial charge in [-0.1, -0.05) is 18.2 Å². The Hall–Kier alpha value is -1.68. The zero-order valence-corrected chi connectivity index (χ0v) is 11.7. The second kappa shape index (κ2) is 5.60. The first kappa shape index (κ1) is 14.3. The van der Waals surface area contributed by atoms with E-state index in [1.54, 1.807) is 6.07 Å². The molecular formula is C16H12ClF3O. The Kier molecular flexibility index (Phi) is 3.81. The minimum atomic E-state index is -0.962. The highest BCUT2D eigenvalue weighted by atomic mass is 35.5. The first-order chi connectivity index (χ1) is 10.1. The van der Waals surface area contributed by atoms with Crippen molar-refractivity contribution in [2.75, 3.05) is 6.61 Å². The molecule has 0 aliphatic carbocycles. The van der Waals surface area contributed by atoms with Gasteiger partial charge in [0.1, 0.15) is 23.2 Å². The predicted octanol–water partition coefficient (Wildman–Crippen LogP) is 4.95. The van der Waals surface area contributed by atoms with Crippen molar-refractivity contribution in [3.05, 3.63) is 65.0 Å². The summed E-state index contributed by atoms with van der Waals surface area (Å²) in [4.78, 5) is 0. The highest BCUT2D eigenvalue weighted by molar-refractivity contribution is 6.21. The molecule has 1 heterocycles. The Morgan fingerprint density at radius 1 is 1.10 bits per heavy atom. The Morgan fingerprint density at radius 2 is 1.76 bits per heavy atom. The summed E-state index contributed by atoms with van der Waals surface area (Å²) in [5.41, 5.74) is 0.520. The molecule has 0 aromatic heterocycles. The van der Waals surface area contributed by atoms with Gasteiger partial charge in [0, 0.05) is 23.6 Å². The number of alkyl halides is 1. The van der Waals surface area contributed by atoms with Crippen LogP contribution in [0.2, 0.25) is 0 Å². The number of rotatable bonds is 2. The summed E-state index contributed by atoms with van der Waals surface area (Å²) in [6.45, 7) is 0.426. The monoisotopic (exact) mass is 312 g/mol. The van der Waals surface area contributed by atoms with Crippen LogP contribution >= 0.6 is 11.6 Å². The molecule has 0 radical (unpaired) electrons. The van der Waals surface area contributed by atoms with Gasteiger partial charge >= 0.3 is 0 Å². The molecule has 0 spiro atoms. The second-order valence-corrected chi connectivity index (χ2v) is 5.44. The summed E-state index contributed by atoms with van der Waals surface area (Å²) in [5, 5.41) is -0.921. The maximum absolute atomic E-state index is 13.9. The standard InChI is InChI=1S/C16H12ClF3O/c17-16(15-12(19)7-9(18)8-13(15)20)11-5-6-21-14-4-2-1-3-10(11)14/h1-4,7-8,11,16H,5-6H2. The van der Waals surface area contributed by atoms with Crippen molar-refractivity contribution in [3.63, 3.8) is 0 Å². The number of hydrogen-bond donors (Lipinski definition) is 0. The van der Waals surface area contributed by atoms with Crippen LogP contribution in [0.15, 0.2) is 36.4 Å². The van der Waals surface area contributed by atoms with Gasteiger partial charge in [0.05, 0.1) is 12.0 Å². The van der Waals surface area contributed by atoms with Crippen molar-refractivity contribution in [2.24, 2.45) is 0 Å². The molecule has 0 saturated carbocycles. The van der Waals surface area contributed by atoms with E-state index in [-0.39, 0.29) is 11.5 Å². The van der Waals surface area contributed by atoms with Gasteiger partial charge in [-0.15, -0.1) is 11.6 Å². The maximum Gasteiger partial charge on any atom is 0.133 e. The molecule has 3 rings (SSSR count). The minimum Gasteiger partial charge on any atom is -0.493 e. The van der Waals surface area contributed by atoms with Crippen LogP contribution in [0.1, 0.15) is 28.8 Å². The normalized spacial score (nSPS) is 18.8. The summed E-state index contributed by atoms with van der Waals surface area (Å²) >= 11 is 6.32. The maximum atomic E-state index is 13.9. The van der Waals surface area contributed by atoms with E-state index in [1.807, 2.05) is 18.2 Å². The van der Waals surface area contributed by atoms with Crippen molar-refractivity contribution >= 4 is 11.6 Å². The number of fused-ring (bicyclic) bond motifs is 1. The summed E-state index contributed by atoms with van der Waals surface area (Å²) < 4.78 is 46.3. The van der Waals surface area contributed by atoms with E-state index in [4.69, 9.17) is 16.3 Å². The Morgan fingerprint density at radius 3 is 2.48 bits per heavy atom. The van der Waals surface area contributed by atoms with Crippen molar-refractivity contribution in [1.82, 2.24) is 0 Å². The minimum absolute atomic E-state index is 0.286. The predicted molar refractivity (Wildman–Crippen MR) is 74.2 cm³/mol. The molecule has 2 aromatic carbocycles. The van der Waals surface area contributed by atoms with Crippen molar-refractivity contribution in [1.29, 1.82) is 0 Å². The van der Waals surface area contributed by atoms with Crippen LogP contribution in [-0.4, -0.2) is 6.61 Å². The third-order valence-corrected chi connectivity index (χ3v) is 4.20. The lowest BCUT2D eigenvalue weighted by Crippen LogP contribution is -2.19. The van der Waals surface area contributed by atoms with Crippen LogP contribution in [0, 0.1) is 17.5 Å². The van der Waals surface area contributed by atoms with Gasteiger partial charge in [-0.2, -0.15) is 0 Å². The lowest BCUT2D eigenvalue weighted by atomic mass is 9.86. The van der Waals surface area contributed by atoms with E-state index in [0.717, 1.165) is 5.56 Å². The topological polar surface area (TPSA) is 9.23 Å². The molecular weight excluding hydrogens is 301 g/mol. The van der Waals surface area contributed by atoms with Gasteiger partial charge in [-0.25, -0.2) is 13.2 Å². The van der Waals surface area contributed by atoms with Crippen LogP contribution in [0.5, 0.6) is 5.75 Å². The summed E-state index contributed by atoms with van der Waals surface area (Å²) in [6, 6.07) is 8.57. The molecule has 0 fully saturated rings. The molecule has 5 heteroatoms. The highest BCUT2D eigenvalue weighted by Crippen LogP contribution is 2.45. The van der Waals surface area contributed by atoms with Crippen LogP contribution in [0.25, 0.3) is 0 Å². The van der Waals surface area contributed by atoms with Gasteiger partial charge in [0.2, 0.25) is 0 Å². The van der Waals surface area contributed by atoms with E-state index in [9.17, 15) is 13.2 Å². The summed E-state index contributed by atoms with van der Waals surface area (Å²) in [5.74, 6) is -2.49.